The molecular weight excluding hydrogens is 446 g/mol. The van der Waals surface area contributed by atoms with Gasteiger partial charge in [-0.1, -0.05) is 33.8 Å². The first kappa shape index (κ1) is 23.2. The molecule has 8 saturated carbocycles. The molecule has 1 heterocycles. The van der Waals surface area contributed by atoms with E-state index in [1.807, 2.05) is 18.2 Å². The molecule has 0 spiro atoms. The number of anilines is 2. The molecule has 8 fully saturated rings. The number of carbonyl (C=O) groups excluding carboxylic acids is 2. The van der Waals surface area contributed by atoms with Gasteiger partial charge < -0.3 is 10.6 Å². The van der Waals surface area contributed by atoms with Gasteiger partial charge in [0.2, 0.25) is 11.8 Å². The van der Waals surface area contributed by atoms with Gasteiger partial charge in [-0.05, 0) is 123 Å². The van der Waals surface area contributed by atoms with Crippen LogP contribution in [0.15, 0.2) is 18.2 Å². The minimum Gasteiger partial charge on any atom is -0.310 e. The summed E-state index contributed by atoms with van der Waals surface area (Å²) in [6.45, 7) is 9.60. The maximum absolute atomic E-state index is 13.7. The number of rotatable bonds is 4. The van der Waals surface area contributed by atoms with Gasteiger partial charge in [0.25, 0.3) is 0 Å². The highest BCUT2D eigenvalue weighted by Gasteiger charge is 2.64. The third kappa shape index (κ3) is 3.50. The highest BCUT2D eigenvalue weighted by molar-refractivity contribution is 5.97. The standard InChI is InChI=1S/C31H43N3O2/c1-26-8-20-9-27(2,14-26)17-30(12-20,16-26)24(35)33-22-6-5-7-23(32-22)34-25(36)31-13-21-10-28(3,18-31)15-29(4,11-21)19-31/h5-7,20-21H,8-19H2,1-4H3,(H2,32,33,34,35,36). The fourth-order valence-electron chi connectivity index (χ4n) is 12.5. The Morgan fingerprint density at radius 1 is 0.639 bits per heavy atom. The van der Waals surface area contributed by atoms with Gasteiger partial charge in [0.15, 0.2) is 0 Å². The molecule has 9 rings (SSSR count). The molecule has 1 aromatic rings. The molecule has 4 atom stereocenters. The Balaban J connectivity index is 1.09. The molecule has 5 nitrogen and oxygen atoms in total. The van der Waals surface area contributed by atoms with Crippen molar-refractivity contribution < 1.29 is 9.59 Å². The Labute approximate surface area is 216 Å². The molecule has 194 valence electrons. The van der Waals surface area contributed by atoms with Gasteiger partial charge in [-0.3, -0.25) is 9.59 Å². The molecule has 2 N–H and O–H groups in total. The van der Waals surface area contributed by atoms with Crippen LogP contribution in [0.3, 0.4) is 0 Å². The second-order valence-corrected chi connectivity index (χ2v) is 16.1. The second-order valence-electron chi connectivity index (χ2n) is 16.1. The van der Waals surface area contributed by atoms with Gasteiger partial charge in [0, 0.05) is 0 Å². The van der Waals surface area contributed by atoms with Crippen LogP contribution in [0.1, 0.15) is 105 Å². The van der Waals surface area contributed by atoms with Crippen LogP contribution in [-0.4, -0.2) is 16.8 Å². The normalized spacial score (nSPS) is 49.8. The zero-order valence-corrected chi connectivity index (χ0v) is 22.6. The van der Waals surface area contributed by atoms with Crippen LogP contribution in [0.25, 0.3) is 0 Å². The first-order valence-electron chi connectivity index (χ1n) is 14.4. The molecule has 4 unspecified atom stereocenters. The highest BCUT2D eigenvalue weighted by Crippen LogP contribution is 2.71. The van der Waals surface area contributed by atoms with Gasteiger partial charge in [-0.25, -0.2) is 4.98 Å². The molecule has 0 radical (unpaired) electrons. The molecule has 8 aliphatic rings. The summed E-state index contributed by atoms with van der Waals surface area (Å²) in [6.07, 6.45) is 13.6. The van der Waals surface area contributed by atoms with Gasteiger partial charge in [-0.15, -0.1) is 0 Å². The zero-order valence-electron chi connectivity index (χ0n) is 22.6. The summed E-state index contributed by atoms with van der Waals surface area (Å²) in [5.41, 5.74) is 0.626. The van der Waals surface area contributed by atoms with E-state index in [-0.39, 0.29) is 22.6 Å². The fraction of sp³-hybridized carbons (Fsp3) is 0.774. The Bertz CT molecular complexity index is 1040. The summed E-state index contributed by atoms with van der Waals surface area (Å²) in [5.74, 6) is 2.75. The SMILES string of the molecule is CC12CC3CC(C)(C1)CC(C(=O)Nc1cccc(NC(=O)C45CC6CC(C)(CC(C)(C6)C4)C5)n1)(C3)C2. The maximum Gasteiger partial charge on any atom is 0.231 e. The summed E-state index contributed by atoms with van der Waals surface area (Å²) in [5, 5.41) is 6.39. The molecule has 0 saturated heterocycles. The summed E-state index contributed by atoms with van der Waals surface area (Å²) in [7, 11) is 0. The van der Waals surface area contributed by atoms with E-state index >= 15 is 0 Å². The molecule has 8 aliphatic carbocycles. The molecule has 2 amide bonds. The van der Waals surface area contributed by atoms with Crippen molar-refractivity contribution in [3.8, 4) is 0 Å². The number of pyridine rings is 1. The zero-order chi connectivity index (χ0) is 25.2. The third-order valence-corrected chi connectivity index (χ3v) is 11.4. The Morgan fingerprint density at radius 3 is 1.33 bits per heavy atom. The van der Waals surface area contributed by atoms with E-state index in [0.717, 1.165) is 38.5 Å². The van der Waals surface area contributed by atoms with Crippen LogP contribution in [0.4, 0.5) is 11.6 Å². The molecule has 8 bridgehead atoms. The van der Waals surface area contributed by atoms with E-state index in [4.69, 9.17) is 4.98 Å². The molecule has 5 heteroatoms. The number of carbonyl (C=O) groups is 2. The number of hydrogen-bond acceptors (Lipinski definition) is 3. The molecular formula is C31H43N3O2. The van der Waals surface area contributed by atoms with Crippen molar-refractivity contribution >= 4 is 23.5 Å². The van der Waals surface area contributed by atoms with Crippen molar-refractivity contribution in [3.05, 3.63) is 18.2 Å². The average Bonchev–Trinajstić information content (AvgIpc) is 2.68. The number of hydrogen-bond donors (Lipinski definition) is 2. The van der Waals surface area contributed by atoms with E-state index in [1.165, 1.54) is 38.5 Å². The van der Waals surface area contributed by atoms with Crippen molar-refractivity contribution in [2.75, 3.05) is 10.6 Å². The maximum atomic E-state index is 13.7. The van der Waals surface area contributed by atoms with Crippen LogP contribution < -0.4 is 10.6 Å². The fourth-order valence-corrected chi connectivity index (χ4v) is 12.5. The second kappa shape index (κ2) is 6.94. The predicted molar refractivity (Wildman–Crippen MR) is 141 cm³/mol. The topological polar surface area (TPSA) is 71.1 Å². The molecule has 36 heavy (non-hydrogen) atoms. The minimum absolute atomic E-state index is 0.141. The largest absolute Gasteiger partial charge is 0.310 e. The molecule has 1 aromatic heterocycles. The van der Waals surface area contributed by atoms with Gasteiger partial charge >= 0.3 is 0 Å². The Kier molecular flexibility index (Phi) is 4.47. The Morgan fingerprint density at radius 2 is 1.00 bits per heavy atom. The summed E-state index contributed by atoms with van der Waals surface area (Å²) in [4.78, 5) is 32.2. The summed E-state index contributed by atoms with van der Waals surface area (Å²) < 4.78 is 0. The number of aromatic nitrogens is 1. The van der Waals surface area contributed by atoms with Crippen molar-refractivity contribution in [3.63, 3.8) is 0 Å². The quantitative estimate of drug-likeness (QED) is 0.481. The van der Waals surface area contributed by atoms with Crippen LogP contribution >= 0.6 is 0 Å². The smallest absolute Gasteiger partial charge is 0.231 e. The first-order valence-corrected chi connectivity index (χ1v) is 14.4. The van der Waals surface area contributed by atoms with Crippen molar-refractivity contribution in [2.24, 2.45) is 44.3 Å². The van der Waals surface area contributed by atoms with E-state index in [0.29, 0.717) is 45.1 Å². The highest BCUT2D eigenvalue weighted by atomic mass is 16.2. The van der Waals surface area contributed by atoms with Crippen LogP contribution in [0.2, 0.25) is 0 Å². The van der Waals surface area contributed by atoms with Crippen molar-refractivity contribution in [1.29, 1.82) is 0 Å². The number of amides is 2. The average molecular weight is 490 g/mol. The minimum atomic E-state index is -0.270. The van der Waals surface area contributed by atoms with Crippen molar-refractivity contribution in [1.82, 2.24) is 4.98 Å². The third-order valence-electron chi connectivity index (χ3n) is 11.4. The lowest BCUT2D eigenvalue weighted by Gasteiger charge is -2.64. The van der Waals surface area contributed by atoms with Gasteiger partial charge in [-0.2, -0.15) is 0 Å². The first-order chi connectivity index (χ1) is 16.8. The van der Waals surface area contributed by atoms with Crippen molar-refractivity contribution in [2.45, 2.75) is 105 Å². The van der Waals surface area contributed by atoms with Gasteiger partial charge in [0.1, 0.15) is 11.6 Å². The monoisotopic (exact) mass is 489 g/mol. The molecule has 0 aliphatic heterocycles. The van der Waals surface area contributed by atoms with E-state index in [2.05, 4.69) is 38.3 Å². The number of nitrogens with zero attached hydrogens (tertiary/aromatic N) is 1. The lowest BCUT2D eigenvalue weighted by molar-refractivity contribution is -0.165. The van der Waals surface area contributed by atoms with E-state index in [1.54, 1.807) is 0 Å². The van der Waals surface area contributed by atoms with E-state index < -0.39 is 0 Å². The predicted octanol–water partition coefficient (Wildman–Crippen LogP) is 6.95. The lowest BCUT2D eigenvalue weighted by atomic mass is 9.40. The van der Waals surface area contributed by atoms with Crippen LogP contribution in [-0.2, 0) is 9.59 Å². The summed E-state index contributed by atoms with van der Waals surface area (Å²) >= 11 is 0. The lowest BCUT2D eigenvalue weighted by Crippen LogP contribution is -2.58. The molecule has 0 aromatic carbocycles. The van der Waals surface area contributed by atoms with Gasteiger partial charge in [0.05, 0.1) is 10.8 Å². The van der Waals surface area contributed by atoms with Crippen LogP contribution in [0, 0.1) is 44.3 Å². The van der Waals surface area contributed by atoms with E-state index in [9.17, 15) is 9.59 Å². The Hall–Kier alpha value is -1.91. The number of nitrogens with one attached hydrogen (secondary N) is 2. The van der Waals surface area contributed by atoms with Crippen LogP contribution in [0.5, 0.6) is 0 Å². The summed E-state index contributed by atoms with van der Waals surface area (Å²) in [6, 6.07) is 5.64.